The molecule has 1 heterocycles. The van der Waals surface area contributed by atoms with Gasteiger partial charge < -0.3 is 0 Å². The Morgan fingerprint density at radius 1 is 0.812 bits per heavy atom. The highest BCUT2D eigenvalue weighted by Crippen LogP contribution is 2.13. The van der Waals surface area contributed by atoms with Gasteiger partial charge in [-0.05, 0) is 41.0 Å². The van der Waals surface area contributed by atoms with Gasteiger partial charge in [-0.15, -0.1) is 0 Å². The van der Waals surface area contributed by atoms with Crippen molar-refractivity contribution in [3.63, 3.8) is 0 Å². The molecule has 0 unspecified atom stereocenters. The summed E-state index contributed by atoms with van der Waals surface area (Å²) >= 11 is 3.40. The summed E-state index contributed by atoms with van der Waals surface area (Å²) in [6, 6.07) is 26.2. The standard InChI is InChI=1S/C26H27BrN4O/c27-25-12-8-21(9-13-25)18-28-29-26(32)24-10-6-23(7-11-24)20-31-16-14-30(15-17-31)19-22-4-2-1-3-5-22/h1-13,18H,14-17,19-20H2,(H,29,32)/b28-18-. The van der Waals surface area contributed by atoms with E-state index in [2.05, 4.69) is 66.6 Å². The van der Waals surface area contributed by atoms with Crippen molar-refractivity contribution < 1.29 is 4.79 Å². The maximum atomic E-state index is 12.3. The van der Waals surface area contributed by atoms with Gasteiger partial charge in [-0.2, -0.15) is 5.10 Å². The van der Waals surface area contributed by atoms with Gasteiger partial charge in [-0.25, -0.2) is 5.43 Å². The van der Waals surface area contributed by atoms with Crippen LogP contribution in [-0.2, 0) is 13.1 Å². The van der Waals surface area contributed by atoms with Crippen molar-refractivity contribution in [1.82, 2.24) is 15.2 Å². The summed E-state index contributed by atoms with van der Waals surface area (Å²) in [5, 5.41) is 4.05. The molecule has 1 aliphatic heterocycles. The van der Waals surface area contributed by atoms with E-state index < -0.39 is 0 Å². The molecule has 0 bridgehead atoms. The highest BCUT2D eigenvalue weighted by molar-refractivity contribution is 9.10. The second-order valence-corrected chi connectivity index (χ2v) is 8.90. The van der Waals surface area contributed by atoms with Gasteiger partial charge in [-0.3, -0.25) is 14.6 Å². The minimum atomic E-state index is -0.209. The lowest BCUT2D eigenvalue weighted by atomic mass is 10.1. The molecule has 0 aromatic heterocycles. The van der Waals surface area contributed by atoms with Gasteiger partial charge in [0.2, 0.25) is 0 Å². The van der Waals surface area contributed by atoms with E-state index in [1.165, 1.54) is 11.1 Å². The summed E-state index contributed by atoms with van der Waals surface area (Å²) < 4.78 is 1.01. The minimum Gasteiger partial charge on any atom is -0.297 e. The highest BCUT2D eigenvalue weighted by Gasteiger charge is 2.17. The zero-order valence-corrected chi connectivity index (χ0v) is 19.5. The van der Waals surface area contributed by atoms with Crippen LogP contribution in [0, 0.1) is 0 Å². The van der Waals surface area contributed by atoms with Crippen molar-refractivity contribution in [3.05, 3.63) is 106 Å². The quantitative estimate of drug-likeness (QED) is 0.390. The van der Waals surface area contributed by atoms with Crippen LogP contribution in [0.25, 0.3) is 0 Å². The second-order valence-electron chi connectivity index (χ2n) is 7.99. The van der Waals surface area contributed by atoms with Crippen LogP contribution in [0.2, 0.25) is 0 Å². The average Bonchev–Trinajstić information content (AvgIpc) is 2.83. The third-order valence-corrected chi connectivity index (χ3v) is 6.11. The van der Waals surface area contributed by atoms with Crippen LogP contribution in [0.15, 0.2) is 88.4 Å². The molecule has 6 heteroatoms. The van der Waals surface area contributed by atoms with Crippen molar-refractivity contribution in [3.8, 4) is 0 Å². The van der Waals surface area contributed by atoms with Crippen molar-refractivity contribution >= 4 is 28.1 Å². The molecule has 1 N–H and O–H groups in total. The van der Waals surface area contributed by atoms with Crippen LogP contribution in [0.5, 0.6) is 0 Å². The number of nitrogens with one attached hydrogen (secondary N) is 1. The summed E-state index contributed by atoms with van der Waals surface area (Å²) in [4.78, 5) is 17.3. The van der Waals surface area contributed by atoms with Gasteiger partial charge in [0.05, 0.1) is 6.21 Å². The Morgan fingerprint density at radius 3 is 1.97 bits per heavy atom. The van der Waals surface area contributed by atoms with Crippen LogP contribution in [-0.4, -0.2) is 48.1 Å². The molecule has 3 aromatic rings. The van der Waals surface area contributed by atoms with Crippen LogP contribution in [0.1, 0.15) is 27.0 Å². The lowest BCUT2D eigenvalue weighted by Gasteiger charge is -2.34. The topological polar surface area (TPSA) is 47.9 Å². The molecule has 5 nitrogen and oxygen atoms in total. The first kappa shape index (κ1) is 22.4. The van der Waals surface area contributed by atoms with Crippen molar-refractivity contribution in [2.75, 3.05) is 26.2 Å². The zero-order valence-electron chi connectivity index (χ0n) is 18.0. The Kier molecular flexibility index (Phi) is 7.82. The number of benzene rings is 3. The average molecular weight is 491 g/mol. The van der Waals surface area contributed by atoms with Crippen molar-refractivity contribution in [2.24, 2.45) is 5.10 Å². The fourth-order valence-electron chi connectivity index (χ4n) is 3.75. The zero-order chi connectivity index (χ0) is 22.2. The summed E-state index contributed by atoms with van der Waals surface area (Å²) in [5.41, 5.74) is 6.71. The van der Waals surface area contributed by atoms with Gasteiger partial charge in [0, 0.05) is 49.3 Å². The van der Waals surface area contributed by atoms with Crippen LogP contribution >= 0.6 is 15.9 Å². The molecular weight excluding hydrogens is 464 g/mol. The molecule has 0 atom stereocenters. The normalized spacial score (nSPS) is 15.2. The molecule has 1 aliphatic rings. The number of amides is 1. The molecule has 1 amide bonds. The molecule has 1 fully saturated rings. The van der Waals surface area contributed by atoms with Crippen molar-refractivity contribution in [2.45, 2.75) is 13.1 Å². The molecule has 0 saturated carbocycles. The maximum absolute atomic E-state index is 12.3. The smallest absolute Gasteiger partial charge is 0.271 e. The Hall–Kier alpha value is -2.80. The largest absolute Gasteiger partial charge is 0.297 e. The predicted molar refractivity (Wildman–Crippen MR) is 133 cm³/mol. The third-order valence-electron chi connectivity index (χ3n) is 5.59. The van der Waals surface area contributed by atoms with E-state index in [0.717, 1.165) is 49.3 Å². The molecule has 1 saturated heterocycles. The van der Waals surface area contributed by atoms with Gasteiger partial charge in [0.15, 0.2) is 0 Å². The van der Waals surface area contributed by atoms with Crippen molar-refractivity contribution in [1.29, 1.82) is 0 Å². The summed E-state index contributed by atoms with van der Waals surface area (Å²) in [6.45, 7) is 6.18. The number of hydrogen-bond acceptors (Lipinski definition) is 4. The summed E-state index contributed by atoms with van der Waals surface area (Å²) in [7, 11) is 0. The molecule has 32 heavy (non-hydrogen) atoms. The number of hydrogen-bond donors (Lipinski definition) is 1. The Balaban J connectivity index is 1.22. The fraction of sp³-hybridized carbons (Fsp3) is 0.231. The lowest BCUT2D eigenvalue weighted by molar-refractivity contribution is 0.0955. The molecule has 3 aromatic carbocycles. The Labute approximate surface area is 197 Å². The van der Waals surface area contributed by atoms with Gasteiger partial charge in [0.1, 0.15) is 0 Å². The number of hydrazone groups is 1. The maximum Gasteiger partial charge on any atom is 0.271 e. The van der Waals surface area contributed by atoms with Crippen LogP contribution < -0.4 is 5.43 Å². The molecule has 164 valence electrons. The van der Waals surface area contributed by atoms with E-state index in [4.69, 9.17) is 0 Å². The van der Waals surface area contributed by atoms with E-state index >= 15 is 0 Å². The number of carbonyl (C=O) groups excluding carboxylic acids is 1. The first-order valence-electron chi connectivity index (χ1n) is 10.8. The number of halogens is 1. The van der Waals surface area contributed by atoms with E-state index in [-0.39, 0.29) is 5.91 Å². The number of rotatable bonds is 7. The van der Waals surface area contributed by atoms with E-state index in [0.29, 0.717) is 5.56 Å². The molecule has 4 rings (SSSR count). The van der Waals surface area contributed by atoms with E-state index in [1.807, 2.05) is 48.5 Å². The summed E-state index contributed by atoms with van der Waals surface area (Å²) in [6.07, 6.45) is 1.64. The lowest BCUT2D eigenvalue weighted by Crippen LogP contribution is -2.45. The summed E-state index contributed by atoms with van der Waals surface area (Å²) in [5.74, 6) is -0.209. The van der Waals surface area contributed by atoms with E-state index in [9.17, 15) is 4.79 Å². The fourth-order valence-corrected chi connectivity index (χ4v) is 4.01. The van der Waals surface area contributed by atoms with Crippen LogP contribution in [0.4, 0.5) is 0 Å². The number of piperazine rings is 1. The van der Waals surface area contributed by atoms with E-state index in [1.54, 1.807) is 6.21 Å². The monoisotopic (exact) mass is 490 g/mol. The molecule has 0 radical (unpaired) electrons. The Morgan fingerprint density at radius 2 is 1.38 bits per heavy atom. The molecule has 0 aliphatic carbocycles. The SMILES string of the molecule is O=C(N/N=C\c1ccc(Br)cc1)c1ccc(CN2CCN(Cc3ccccc3)CC2)cc1. The minimum absolute atomic E-state index is 0.209. The van der Waals surface area contributed by atoms with Crippen LogP contribution in [0.3, 0.4) is 0 Å². The van der Waals surface area contributed by atoms with Gasteiger partial charge in [0.25, 0.3) is 5.91 Å². The second kappa shape index (κ2) is 11.2. The first-order valence-corrected chi connectivity index (χ1v) is 11.6. The highest BCUT2D eigenvalue weighted by atomic mass is 79.9. The predicted octanol–water partition coefficient (Wildman–Crippen LogP) is 4.53. The third kappa shape index (κ3) is 6.60. The number of carbonyl (C=O) groups is 1. The van der Waals surface area contributed by atoms with Gasteiger partial charge in [-0.1, -0.05) is 70.5 Å². The van der Waals surface area contributed by atoms with Gasteiger partial charge >= 0.3 is 0 Å². The molecule has 0 spiro atoms. The first-order chi connectivity index (χ1) is 15.7. The Bertz CT molecular complexity index is 1030. The number of nitrogens with zero attached hydrogens (tertiary/aromatic N) is 3. The molecular formula is C26H27BrN4O.